The predicted octanol–water partition coefficient (Wildman–Crippen LogP) is 4.40. The molecule has 0 aliphatic heterocycles. The molecule has 2 aromatic rings. The number of methoxy groups -OCH3 is 2. The minimum Gasteiger partial charge on any atom is -0.494 e. The smallest absolute Gasteiger partial charge is 0.343 e. The molecule has 9 nitrogen and oxygen atoms in total. The number of ether oxygens (including phenoxy) is 6. The normalized spacial score (nSPS) is 10.6. The highest BCUT2D eigenvalue weighted by Crippen LogP contribution is 2.29. The van der Waals surface area contributed by atoms with Gasteiger partial charge in [-0.2, -0.15) is 0 Å². The van der Waals surface area contributed by atoms with Crippen molar-refractivity contribution in [1.29, 1.82) is 0 Å². The Balaban J connectivity index is 1.85. The Labute approximate surface area is 216 Å². The van der Waals surface area contributed by atoms with Crippen LogP contribution in [0.4, 0.5) is 0 Å². The second-order valence-corrected chi connectivity index (χ2v) is 7.79. The van der Waals surface area contributed by atoms with Crippen LogP contribution in [0, 0.1) is 0 Å². The summed E-state index contributed by atoms with van der Waals surface area (Å²) in [5, 5.41) is 0. The van der Waals surface area contributed by atoms with Crippen LogP contribution >= 0.6 is 0 Å². The van der Waals surface area contributed by atoms with Crippen molar-refractivity contribution < 1.29 is 42.8 Å². The molecule has 0 bridgehead atoms. The van der Waals surface area contributed by atoms with E-state index in [1.165, 1.54) is 20.3 Å². The molecule has 0 aromatic heterocycles. The average Bonchev–Trinajstić information content (AvgIpc) is 2.90. The molecule has 0 saturated carbocycles. The van der Waals surface area contributed by atoms with Gasteiger partial charge in [-0.15, -0.1) is 0 Å². The van der Waals surface area contributed by atoms with E-state index in [1.807, 2.05) is 0 Å². The zero-order valence-corrected chi connectivity index (χ0v) is 21.3. The number of hydrogen-bond acceptors (Lipinski definition) is 9. The summed E-state index contributed by atoms with van der Waals surface area (Å²) in [7, 11) is 2.97. The van der Waals surface area contributed by atoms with Crippen molar-refractivity contribution in [3.63, 3.8) is 0 Å². The Morgan fingerprint density at radius 1 is 0.865 bits per heavy atom. The maximum atomic E-state index is 12.6. The highest BCUT2D eigenvalue weighted by molar-refractivity contribution is 5.91. The van der Waals surface area contributed by atoms with Gasteiger partial charge in [-0.3, -0.25) is 0 Å². The molecule has 9 heteroatoms. The van der Waals surface area contributed by atoms with Crippen molar-refractivity contribution >= 4 is 24.0 Å². The van der Waals surface area contributed by atoms with E-state index in [9.17, 15) is 14.4 Å². The summed E-state index contributed by atoms with van der Waals surface area (Å²) < 4.78 is 31.3. The number of hydrogen-bond donors (Lipinski definition) is 0. The first-order chi connectivity index (χ1) is 17.8. The van der Waals surface area contributed by atoms with Gasteiger partial charge in [0.15, 0.2) is 11.5 Å². The number of esters is 3. The van der Waals surface area contributed by atoms with Gasteiger partial charge >= 0.3 is 17.9 Å². The number of carbonyl (C=O) groups is 3. The number of rotatable bonds is 15. The second-order valence-electron chi connectivity index (χ2n) is 7.79. The van der Waals surface area contributed by atoms with Gasteiger partial charge in [0.1, 0.15) is 12.4 Å². The Hall–Kier alpha value is -4.11. The summed E-state index contributed by atoms with van der Waals surface area (Å²) >= 11 is 0. The monoisotopic (exact) mass is 512 g/mol. The van der Waals surface area contributed by atoms with E-state index in [-0.39, 0.29) is 12.4 Å². The lowest BCUT2D eigenvalue weighted by atomic mass is 10.2. The van der Waals surface area contributed by atoms with Crippen LogP contribution in [-0.2, 0) is 23.8 Å². The molecule has 0 unspecified atom stereocenters. The topological polar surface area (TPSA) is 107 Å². The third kappa shape index (κ3) is 10.6. The SMILES string of the molecule is C=C(C)C(=O)OCCCCOc1ccc(C(=O)Oc2ccc(C=CC(=O)OCCOC)cc2OC)cc1. The summed E-state index contributed by atoms with van der Waals surface area (Å²) in [6.07, 6.45) is 4.22. The van der Waals surface area contributed by atoms with E-state index in [2.05, 4.69) is 6.58 Å². The summed E-state index contributed by atoms with van der Waals surface area (Å²) in [4.78, 5) is 35.6. The molecule has 2 rings (SSSR count). The van der Waals surface area contributed by atoms with Gasteiger partial charge in [0.05, 0.1) is 32.5 Å². The van der Waals surface area contributed by atoms with Gasteiger partial charge in [-0.05, 0) is 67.8 Å². The van der Waals surface area contributed by atoms with E-state index < -0.39 is 17.9 Å². The van der Waals surface area contributed by atoms with E-state index in [0.29, 0.717) is 60.9 Å². The number of benzene rings is 2. The zero-order valence-electron chi connectivity index (χ0n) is 21.3. The van der Waals surface area contributed by atoms with Gasteiger partial charge in [0, 0.05) is 18.8 Å². The highest BCUT2D eigenvalue weighted by atomic mass is 16.6. The molecule has 0 radical (unpaired) electrons. The third-order valence-electron chi connectivity index (χ3n) is 4.81. The number of carbonyl (C=O) groups excluding carboxylic acids is 3. The molecular formula is C28H32O9. The van der Waals surface area contributed by atoms with Crippen molar-refractivity contribution in [2.75, 3.05) is 40.6 Å². The lowest BCUT2D eigenvalue weighted by Crippen LogP contribution is -2.09. The molecule has 0 saturated heterocycles. The van der Waals surface area contributed by atoms with Crippen LogP contribution in [0.15, 0.2) is 60.7 Å². The third-order valence-corrected chi connectivity index (χ3v) is 4.81. The lowest BCUT2D eigenvalue weighted by Gasteiger charge is -2.11. The van der Waals surface area contributed by atoms with E-state index >= 15 is 0 Å². The van der Waals surface area contributed by atoms with E-state index in [4.69, 9.17) is 28.4 Å². The molecule has 0 amide bonds. The molecule has 0 aliphatic carbocycles. The molecular weight excluding hydrogens is 480 g/mol. The minimum atomic E-state index is -0.561. The van der Waals surface area contributed by atoms with Crippen molar-refractivity contribution in [1.82, 2.24) is 0 Å². The average molecular weight is 513 g/mol. The summed E-state index contributed by atoms with van der Waals surface area (Å²) in [6, 6.07) is 11.5. The van der Waals surface area contributed by atoms with Gasteiger partial charge < -0.3 is 28.4 Å². The molecule has 2 aromatic carbocycles. The Morgan fingerprint density at radius 2 is 1.59 bits per heavy atom. The summed E-state index contributed by atoms with van der Waals surface area (Å²) in [5.74, 6) is -0.288. The van der Waals surface area contributed by atoms with Gasteiger partial charge in [-0.25, -0.2) is 14.4 Å². The first-order valence-corrected chi connectivity index (χ1v) is 11.6. The van der Waals surface area contributed by atoms with Crippen LogP contribution in [-0.4, -0.2) is 58.6 Å². The molecule has 0 fully saturated rings. The van der Waals surface area contributed by atoms with Crippen LogP contribution in [0.5, 0.6) is 17.2 Å². The van der Waals surface area contributed by atoms with Gasteiger partial charge in [-0.1, -0.05) is 12.6 Å². The predicted molar refractivity (Wildman–Crippen MR) is 137 cm³/mol. The molecule has 0 N–H and O–H groups in total. The fraction of sp³-hybridized carbons (Fsp3) is 0.321. The standard InChI is InChI=1S/C28H32O9/c1-20(2)27(30)36-16-6-5-15-34-23-11-9-22(10-12-23)28(31)37-24-13-7-21(19-25(24)33-4)8-14-26(29)35-18-17-32-3/h7-14,19H,1,5-6,15-18H2,2-4H3. The first kappa shape index (κ1) is 29.1. The van der Waals surface area contributed by atoms with E-state index in [0.717, 1.165) is 0 Å². The molecule has 198 valence electrons. The Morgan fingerprint density at radius 3 is 2.27 bits per heavy atom. The van der Waals surface area contributed by atoms with Gasteiger partial charge in [0.2, 0.25) is 0 Å². The molecule has 0 atom stereocenters. The molecule has 0 aliphatic rings. The van der Waals surface area contributed by atoms with Crippen LogP contribution in [0.1, 0.15) is 35.7 Å². The maximum absolute atomic E-state index is 12.6. The number of unbranched alkanes of at least 4 members (excludes halogenated alkanes) is 1. The van der Waals surface area contributed by atoms with Crippen LogP contribution in [0.25, 0.3) is 6.08 Å². The first-order valence-electron chi connectivity index (χ1n) is 11.6. The molecule has 0 spiro atoms. The quantitative estimate of drug-likeness (QED) is 0.149. The minimum absolute atomic E-state index is 0.166. The largest absolute Gasteiger partial charge is 0.494 e. The van der Waals surface area contributed by atoms with Crippen LogP contribution < -0.4 is 14.2 Å². The summed E-state index contributed by atoms with van der Waals surface area (Å²) in [6.45, 7) is 6.36. The fourth-order valence-corrected chi connectivity index (χ4v) is 2.84. The fourth-order valence-electron chi connectivity index (χ4n) is 2.84. The van der Waals surface area contributed by atoms with Crippen molar-refractivity contribution in [3.8, 4) is 17.2 Å². The van der Waals surface area contributed by atoms with Crippen LogP contribution in [0.2, 0.25) is 0 Å². The highest BCUT2D eigenvalue weighted by Gasteiger charge is 2.13. The van der Waals surface area contributed by atoms with E-state index in [1.54, 1.807) is 55.5 Å². The van der Waals surface area contributed by atoms with Crippen molar-refractivity contribution in [3.05, 3.63) is 71.8 Å². The molecule has 37 heavy (non-hydrogen) atoms. The van der Waals surface area contributed by atoms with Crippen LogP contribution in [0.3, 0.4) is 0 Å². The second kappa shape index (κ2) is 15.8. The van der Waals surface area contributed by atoms with Crippen molar-refractivity contribution in [2.24, 2.45) is 0 Å². The Kier molecular flexibility index (Phi) is 12.4. The maximum Gasteiger partial charge on any atom is 0.343 e. The summed E-state index contributed by atoms with van der Waals surface area (Å²) in [5.41, 5.74) is 1.37. The zero-order chi connectivity index (χ0) is 27.0. The van der Waals surface area contributed by atoms with Gasteiger partial charge in [0.25, 0.3) is 0 Å². The molecule has 0 heterocycles. The van der Waals surface area contributed by atoms with Crippen molar-refractivity contribution in [2.45, 2.75) is 19.8 Å². The Bertz CT molecular complexity index is 1090. The lowest BCUT2D eigenvalue weighted by molar-refractivity contribution is -0.139.